The largest absolute Gasteiger partial charge is 0.365 e. The summed E-state index contributed by atoms with van der Waals surface area (Å²) < 4.78 is 5.15. The molecule has 1 aromatic carbocycles. The highest BCUT2D eigenvalue weighted by Gasteiger charge is 2.29. The number of benzene rings is 1. The number of hydrogen-bond donors (Lipinski definition) is 5. The van der Waals surface area contributed by atoms with Gasteiger partial charge >= 0.3 is 0 Å². The molecule has 0 aliphatic heterocycles. The van der Waals surface area contributed by atoms with Gasteiger partial charge < -0.3 is 15.8 Å². The molecule has 0 aromatic heterocycles. The maximum absolute atomic E-state index is 6.24. The van der Waals surface area contributed by atoms with E-state index < -0.39 is 0 Å². The van der Waals surface area contributed by atoms with E-state index in [2.05, 4.69) is 29.9 Å². The monoisotopic (exact) mass is 368 g/mol. The average Bonchev–Trinajstić information content (AvgIpc) is 3.04. The Morgan fingerprint density at radius 1 is 1.27 bits per heavy atom. The summed E-state index contributed by atoms with van der Waals surface area (Å²) >= 11 is 0. The van der Waals surface area contributed by atoms with Crippen molar-refractivity contribution >= 4 is 11.4 Å². The van der Waals surface area contributed by atoms with Gasteiger partial charge in [0.25, 0.3) is 0 Å². The molecule has 1 aliphatic carbocycles. The van der Waals surface area contributed by atoms with Crippen LogP contribution >= 0.6 is 0 Å². The van der Waals surface area contributed by atoms with Gasteiger partial charge in [-0.05, 0) is 42.5 Å². The van der Waals surface area contributed by atoms with Crippen molar-refractivity contribution in [2.45, 2.75) is 32.4 Å². The molecule has 0 spiro atoms. The van der Waals surface area contributed by atoms with Crippen LogP contribution < -0.4 is 27.3 Å². The van der Waals surface area contributed by atoms with Crippen LogP contribution in [0.1, 0.15) is 24.5 Å². The van der Waals surface area contributed by atoms with Gasteiger partial charge in [-0.25, -0.2) is 4.84 Å². The van der Waals surface area contributed by atoms with Crippen LogP contribution in [0.4, 0.5) is 11.4 Å². The van der Waals surface area contributed by atoms with Gasteiger partial charge in [0.1, 0.15) is 5.69 Å². The molecular formula is C18H34N5O3+. The van der Waals surface area contributed by atoms with Crippen LogP contribution in [-0.4, -0.2) is 46.8 Å². The lowest BCUT2D eigenvalue weighted by Crippen LogP contribution is -3.12. The van der Waals surface area contributed by atoms with E-state index >= 15 is 0 Å². The molecule has 0 saturated carbocycles. The van der Waals surface area contributed by atoms with Crippen LogP contribution in [0.2, 0.25) is 0 Å². The molecule has 2 rings (SSSR count). The zero-order valence-electron chi connectivity index (χ0n) is 16.1. The summed E-state index contributed by atoms with van der Waals surface area (Å²) in [5.41, 5.74) is 19.1. The van der Waals surface area contributed by atoms with Gasteiger partial charge in [0.2, 0.25) is 0 Å². The van der Waals surface area contributed by atoms with Gasteiger partial charge in [0, 0.05) is 19.0 Å². The Balaban J connectivity index is 2.09. The quantitative estimate of drug-likeness (QED) is 0.195. The molecule has 0 radical (unpaired) electrons. The second-order valence-electron chi connectivity index (χ2n) is 6.61. The third kappa shape index (κ3) is 5.37. The highest BCUT2D eigenvalue weighted by molar-refractivity contribution is 5.64. The molecule has 0 heterocycles. The first-order valence-electron chi connectivity index (χ1n) is 9.24. The first-order chi connectivity index (χ1) is 12.6. The van der Waals surface area contributed by atoms with E-state index in [1.165, 1.54) is 11.1 Å². The van der Waals surface area contributed by atoms with Crippen molar-refractivity contribution in [3.8, 4) is 0 Å². The summed E-state index contributed by atoms with van der Waals surface area (Å²) in [6.45, 7) is 4.74. The second kappa shape index (κ2) is 10.8. The van der Waals surface area contributed by atoms with Crippen LogP contribution in [-0.2, 0) is 27.3 Å². The van der Waals surface area contributed by atoms with Crippen molar-refractivity contribution in [3.63, 3.8) is 0 Å². The van der Waals surface area contributed by atoms with E-state index in [4.69, 9.17) is 25.9 Å². The Labute approximate surface area is 156 Å². The predicted molar refractivity (Wildman–Crippen MR) is 102 cm³/mol. The molecule has 7 N–H and O–H groups in total. The van der Waals surface area contributed by atoms with Gasteiger partial charge in [0.05, 0.1) is 27.6 Å². The number of rotatable bonds is 12. The first kappa shape index (κ1) is 21.0. The van der Waals surface area contributed by atoms with Crippen LogP contribution in [0.25, 0.3) is 0 Å². The molecule has 0 saturated heterocycles. The fourth-order valence-corrected chi connectivity index (χ4v) is 3.49. The lowest BCUT2D eigenvalue weighted by Gasteiger charge is -2.23. The van der Waals surface area contributed by atoms with Gasteiger partial charge in [-0.1, -0.05) is 6.92 Å². The number of nitrogens with two attached hydrogens (primary N) is 2. The highest BCUT2D eigenvalue weighted by Crippen LogP contribution is 2.32. The zero-order chi connectivity index (χ0) is 18.9. The molecule has 26 heavy (non-hydrogen) atoms. The number of quaternary nitrogens is 1. The van der Waals surface area contributed by atoms with E-state index in [1.54, 1.807) is 14.2 Å². The molecule has 1 aliphatic rings. The summed E-state index contributed by atoms with van der Waals surface area (Å²) in [5.74, 6) is 0.569. The minimum Gasteiger partial charge on any atom is -0.365 e. The zero-order valence-corrected chi connectivity index (χ0v) is 16.1. The summed E-state index contributed by atoms with van der Waals surface area (Å²) in [7, 11) is 3.28. The van der Waals surface area contributed by atoms with Gasteiger partial charge in [-0.3, -0.25) is 16.1 Å². The minimum atomic E-state index is -0.142. The number of ether oxygens (including phenoxy) is 1. The summed E-state index contributed by atoms with van der Waals surface area (Å²) in [5, 5.41) is 4.23. The van der Waals surface area contributed by atoms with Crippen molar-refractivity contribution in [1.29, 1.82) is 0 Å². The van der Waals surface area contributed by atoms with E-state index in [-0.39, 0.29) is 12.9 Å². The summed E-state index contributed by atoms with van der Waals surface area (Å²) in [4.78, 5) is 10.8. The van der Waals surface area contributed by atoms with E-state index in [1.807, 2.05) is 0 Å². The normalized spacial score (nSPS) is 18.6. The topological polar surface area (TPSA) is 108 Å². The Morgan fingerprint density at radius 3 is 2.62 bits per heavy atom. The van der Waals surface area contributed by atoms with Crippen LogP contribution in [0.15, 0.2) is 12.1 Å². The van der Waals surface area contributed by atoms with Crippen molar-refractivity contribution in [3.05, 3.63) is 23.3 Å². The van der Waals surface area contributed by atoms with Gasteiger partial charge in [-0.2, -0.15) is 0 Å². The smallest absolute Gasteiger partial charge is 0.190 e. The summed E-state index contributed by atoms with van der Waals surface area (Å²) in [6, 6.07) is 4.36. The third-order valence-corrected chi connectivity index (χ3v) is 4.80. The van der Waals surface area contributed by atoms with Crippen molar-refractivity contribution in [2.24, 2.45) is 17.4 Å². The summed E-state index contributed by atoms with van der Waals surface area (Å²) in [6.07, 6.45) is 2.75. The fourth-order valence-electron chi connectivity index (χ4n) is 3.49. The number of nitrogens with one attached hydrogen (secondary N) is 3. The molecule has 0 fully saturated rings. The number of fused-ring (bicyclic) bond motifs is 1. The lowest BCUT2D eigenvalue weighted by atomic mass is 10.1. The Hall–Kier alpha value is -1.26. The van der Waals surface area contributed by atoms with Crippen LogP contribution in [0.3, 0.4) is 0 Å². The second-order valence-corrected chi connectivity index (χ2v) is 6.61. The maximum Gasteiger partial charge on any atom is 0.190 e. The molecular weight excluding hydrogens is 334 g/mol. The van der Waals surface area contributed by atoms with Crippen molar-refractivity contribution in [1.82, 2.24) is 5.32 Å². The highest BCUT2D eigenvalue weighted by atomic mass is 16.7. The molecule has 8 heteroatoms. The van der Waals surface area contributed by atoms with E-state index in [9.17, 15) is 0 Å². The number of hydrogen-bond acceptors (Lipinski definition) is 7. The average molecular weight is 369 g/mol. The lowest BCUT2D eigenvalue weighted by molar-refractivity contribution is -1.05. The van der Waals surface area contributed by atoms with Crippen LogP contribution in [0.5, 0.6) is 0 Å². The fraction of sp³-hybridized carbons (Fsp3) is 0.667. The minimum absolute atomic E-state index is 0.142. The molecule has 3 unspecified atom stereocenters. The molecule has 0 bridgehead atoms. The van der Waals surface area contributed by atoms with Crippen LogP contribution in [0, 0.1) is 5.92 Å². The van der Waals surface area contributed by atoms with E-state index in [0.29, 0.717) is 12.5 Å². The first-order valence-corrected chi connectivity index (χ1v) is 9.24. The Morgan fingerprint density at radius 2 is 2.00 bits per heavy atom. The van der Waals surface area contributed by atoms with Gasteiger partial charge in [-0.15, -0.1) is 5.06 Å². The molecule has 3 atom stereocenters. The number of anilines is 1. The SMILES string of the molecule is CCC(N)[NH+](OC)c1cc2c(cc1NOC)CC(CNCCOCN)C2. The third-order valence-electron chi connectivity index (χ3n) is 4.80. The van der Waals surface area contributed by atoms with Gasteiger partial charge in [0.15, 0.2) is 11.9 Å². The molecule has 0 amide bonds. The van der Waals surface area contributed by atoms with Crippen molar-refractivity contribution in [2.75, 3.05) is 46.1 Å². The molecule has 148 valence electrons. The number of hydroxylamine groups is 1. The van der Waals surface area contributed by atoms with E-state index in [0.717, 1.165) is 48.8 Å². The van der Waals surface area contributed by atoms with Crippen molar-refractivity contribution < 1.29 is 19.5 Å². The standard InChI is InChI=1S/C18H33N5O3/c1-4-18(20)23(25-3)17-10-15-8-13(11-21-5-6-26-12-19)7-14(15)9-16(17)22-24-2/h9-10,13,18,21-22H,4-8,11-12,19-20H2,1-3H3/p+1. The predicted octanol–water partition coefficient (Wildman–Crippen LogP) is -0.330. The Kier molecular flexibility index (Phi) is 8.73. The molecule has 8 nitrogen and oxygen atoms in total. The Bertz CT molecular complexity index is 558. The maximum atomic E-state index is 6.24. The molecule has 1 aromatic rings.